The number of rotatable bonds is 8. The molecular weight excluding hydrogens is 436 g/mol. The van der Waals surface area contributed by atoms with Crippen LogP contribution in [0.15, 0.2) is 48.2 Å². The van der Waals surface area contributed by atoms with Gasteiger partial charge in [-0.15, -0.1) is 10.2 Å². The van der Waals surface area contributed by atoms with Gasteiger partial charge in [0.15, 0.2) is 0 Å². The van der Waals surface area contributed by atoms with Crippen LogP contribution in [-0.2, 0) is 11.3 Å². The molecular formula is C24H26N6O2S. The van der Waals surface area contributed by atoms with Crippen LogP contribution in [0.2, 0.25) is 0 Å². The van der Waals surface area contributed by atoms with Crippen LogP contribution >= 0.6 is 11.3 Å². The van der Waals surface area contributed by atoms with Gasteiger partial charge in [-0.1, -0.05) is 29.0 Å². The molecule has 0 bridgehead atoms. The van der Waals surface area contributed by atoms with Gasteiger partial charge >= 0.3 is 0 Å². The second kappa shape index (κ2) is 10.8. The third-order valence-corrected chi connectivity index (χ3v) is 6.30. The molecule has 0 saturated carbocycles. The summed E-state index contributed by atoms with van der Waals surface area (Å²) in [5.41, 5.74) is 1.93. The van der Waals surface area contributed by atoms with Crippen LogP contribution in [0.5, 0.6) is 5.75 Å². The van der Waals surface area contributed by atoms with E-state index in [4.69, 9.17) is 4.74 Å². The maximum atomic E-state index is 12.7. The van der Waals surface area contributed by atoms with E-state index in [0.29, 0.717) is 18.3 Å². The van der Waals surface area contributed by atoms with Crippen LogP contribution in [0.4, 0.5) is 10.3 Å². The van der Waals surface area contributed by atoms with Crippen molar-refractivity contribution in [1.82, 2.24) is 14.8 Å². The number of anilines is 2. The summed E-state index contributed by atoms with van der Waals surface area (Å²) in [7, 11) is 0. The maximum Gasteiger partial charge on any atom is 0.268 e. The molecule has 1 aliphatic rings. The fourth-order valence-electron chi connectivity index (χ4n) is 3.60. The SMILES string of the molecule is Cc1ccc(OCCn2cccc2/C=C(/C#N)C(=O)Nc2nnc(N3CCCCC3)s2)cc1. The zero-order chi connectivity index (χ0) is 23.0. The molecule has 3 heterocycles. The van der Waals surface area contributed by atoms with Crippen LogP contribution in [0, 0.1) is 18.3 Å². The minimum Gasteiger partial charge on any atom is -0.492 e. The van der Waals surface area contributed by atoms with Crippen LogP contribution in [-0.4, -0.2) is 40.4 Å². The van der Waals surface area contributed by atoms with Crippen molar-refractivity contribution in [1.29, 1.82) is 5.26 Å². The number of amides is 1. The van der Waals surface area contributed by atoms with Gasteiger partial charge in [-0.2, -0.15) is 5.26 Å². The first-order chi connectivity index (χ1) is 16.1. The number of piperidine rings is 1. The molecule has 170 valence electrons. The Morgan fingerprint density at radius 2 is 2.00 bits per heavy atom. The molecule has 1 aromatic carbocycles. The number of carbonyl (C=O) groups is 1. The van der Waals surface area contributed by atoms with E-state index in [1.165, 1.54) is 23.3 Å². The van der Waals surface area contributed by atoms with E-state index in [9.17, 15) is 10.1 Å². The van der Waals surface area contributed by atoms with Crippen LogP contribution in [0.25, 0.3) is 6.08 Å². The Hall–Kier alpha value is -3.64. The van der Waals surface area contributed by atoms with E-state index in [1.54, 1.807) is 6.08 Å². The van der Waals surface area contributed by atoms with Crippen LogP contribution < -0.4 is 15.0 Å². The Balaban J connectivity index is 1.37. The summed E-state index contributed by atoms with van der Waals surface area (Å²) in [6.07, 6.45) is 6.98. The van der Waals surface area contributed by atoms with Gasteiger partial charge in [0.05, 0.1) is 6.54 Å². The Bertz CT molecular complexity index is 1150. The lowest BCUT2D eigenvalue weighted by atomic mass is 10.1. The third kappa shape index (κ3) is 5.99. The van der Waals surface area contributed by atoms with Crippen LogP contribution in [0.3, 0.4) is 0 Å². The first-order valence-electron chi connectivity index (χ1n) is 11.0. The highest BCUT2D eigenvalue weighted by Gasteiger charge is 2.18. The van der Waals surface area contributed by atoms with Gasteiger partial charge in [0, 0.05) is 25.0 Å². The lowest BCUT2D eigenvalue weighted by Gasteiger charge is -2.25. The topological polar surface area (TPSA) is 96.1 Å². The predicted molar refractivity (Wildman–Crippen MR) is 129 cm³/mol. The monoisotopic (exact) mass is 462 g/mol. The van der Waals surface area contributed by atoms with Crippen molar-refractivity contribution in [2.24, 2.45) is 0 Å². The molecule has 33 heavy (non-hydrogen) atoms. The van der Waals surface area contributed by atoms with Gasteiger partial charge in [-0.05, 0) is 56.5 Å². The lowest BCUT2D eigenvalue weighted by Crippen LogP contribution is -2.29. The molecule has 3 aromatic rings. The van der Waals surface area contributed by atoms with Gasteiger partial charge in [-0.3, -0.25) is 10.1 Å². The van der Waals surface area contributed by atoms with Gasteiger partial charge in [0.2, 0.25) is 10.3 Å². The highest BCUT2D eigenvalue weighted by molar-refractivity contribution is 7.19. The van der Waals surface area contributed by atoms with Crippen LogP contribution in [0.1, 0.15) is 30.5 Å². The van der Waals surface area contributed by atoms with E-state index in [1.807, 2.05) is 60.2 Å². The Labute approximate surface area is 197 Å². The summed E-state index contributed by atoms with van der Waals surface area (Å²) in [5, 5.41) is 21.7. The zero-order valence-electron chi connectivity index (χ0n) is 18.5. The lowest BCUT2D eigenvalue weighted by molar-refractivity contribution is -0.112. The van der Waals surface area contributed by atoms with E-state index in [0.717, 1.165) is 42.5 Å². The molecule has 1 aliphatic heterocycles. The summed E-state index contributed by atoms with van der Waals surface area (Å²) in [4.78, 5) is 14.9. The molecule has 0 atom stereocenters. The highest BCUT2D eigenvalue weighted by Crippen LogP contribution is 2.27. The first kappa shape index (κ1) is 22.6. The summed E-state index contributed by atoms with van der Waals surface area (Å²) in [6.45, 7) is 5.00. The second-order valence-corrected chi connectivity index (χ2v) is 8.81. The standard InChI is InChI=1S/C24H26N6O2S/c1-18-7-9-21(10-8-18)32-15-14-29-13-5-6-20(29)16-19(17-25)22(31)26-23-27-28-24(33-23)30-11-3-2-4-12-30/h5-10,13,16H,2-4,11-12,14-15H2,1H3,(H,26,27,31)/b19-16-. The number of carbonyl (C=O) groups excluding carboxylic acids is 1. The molecule has 9 heteroatoms. The van der Waals surface area contributed by atoms with E-state index in [2.05, 4.69) is 20.4 Å². The van der Waals surface area contributed by atoms with Crippen molar-refractivity contribution in [3.05, 3.63) is 59.4 Å². The molecule has 0 spiro atoms. The third-order valence-electron chi connectivity index (χ3n) is 5.41. The van der Waals surface area contributed by atoms with Crippen molar-refractivity contribution in [3.8, 4) is 11.8 Å². The quantitative estimate of drug-likeness (QED) is 0.397. The second-order valence-electron chi connectivity index (χ2n) is 7.85. The molecule has 2 aromatic heterocycles. The average Bonchev–Trinajstić information content (AvgIpc) is 3.49. The highest BCUT2D eigenvalue weighted by atomic mass is 32.1. The van der Waals surface area contributed by atoms with E-state index in [-0.39, 0.29) is 5.57 Å². The maximum absolute atomic E-state index is 12.7. The number of aryl methyl sites for hydroxylation is 1. The zero-order valence-corrected chi connectivity index (χ0v) is 19.3. The predicted octanol–water partition coefficient (Wildman–Crippen LogP) is 4.26. The number of nitrogens with one attached hydrogen (secondary N) is 1. The number of hydrogen-bond acceptors (Lipinski definition) is 7. The minimum atomic E-state index is -0.498. The van der Waals surface area contributed by atoms with Gasteiger partial charge in [0.25, 0.3) is 5.91 Å². The normalized spacial score (nSPS) is 14.1. The number of nitrogens with zero attached hydrogens (tertiary/aromatic N) is 5. The molecule has 0 aliphatic carbocycles. The van der Waals surface area contributed by atoms with Crippen molar-refractivity contribution >= 4 is 33.6 Å². The smallest absolute Gasteiger partial charge is 0.268 e. The fraction of sp³-hybridized carbons (Fsp3) is 0.333. The van der Waals surface area contributed by atoms with E-state index >= 15 is 0 Å². The number of nitriles is 1. The van der Waals surface area contributed by atoms with Gasteiger partial charge in [-0.25, -0.2) is 0 Å². The largest absolute Gasteiger partial charge is 0.492 e. The summed E-state index contributed by atoms with van der Waals surface area (Å²) >= 11 is 1.33. The fourth-order valence-corrected chi connectivity index (χ4v) is 4.39. The Morgan fingerprint density at radius 3 is 2.76 bits per heavy atom. The van der Waals surface area contributed by atoms with Crippen molar-refractivity contribution in [3.63, 3.8) is 0 Å². The number of benzene rings is 1. The molecule has 0 radical (unpaired) electrons. The number of ether oxygens (including phenoxy) is 1. The van der Waals surface area contributed by atoms with Crippen molar-refractivity contribution < 1.29 is 9.53 Å². The molecule has 1 N–H and O–H groups in total. The number of aromatic nitrogens is 3. The van der Waals surface area contributed by atoms with Gasteiger partial charge < -0.3 is 14.2 Å². The molecule has 1 fully saturated rings. The van der Waals surface area contributed by atoms with Gasteiger partial charge in [0.1, 0.15) is 24.0 Å². The summed E-state index contributed by atoms with van der Waals surface area (Å²) in [5.74, 6) is 0.311. The Morgan fingerprint density at radius 1 is 1.21 bits per heavy atom. The van der Waals surface area contributed by atoms with Crippen molar-refractivity contribution in [2.75, 3.05) is 29.9 Å². The van der Waals surface area contributed by atoms with E-state index < -0.39 is 5.91 Å². The first-order valence-corrected chi connectivity index (χ1v) is 11.8. The number of hydrogen-bond donors (Lipinski definition) is 1. The molecule has 1 saturated heterocycles. The summed E-state index contributed by atoms with van der Waals surface area (Å²) < 4.78 is 7.74. The molecule has 1 amide bonds. The summed E-state index contributed by atoms with van der Waals surface area (Å²) in [6, 6.07) is 13.6. The molecule has 4 rings (SSSR count). The average molecular weight is 463 g/mol. The molecule has 0 unspecified atom stereocenters. The minimum absolute atomic E-state index is 0.00382. The van der Waals surface area contributed by atoms with Crippen molar-refractivity contribution in [2.45, 2.75) is 32.7 Å². The Kier molecular flexibility index (Phi) is 7.37. The molecule has 8 nitrogen and oxygen atoms in total.